The minimum absolute atomic E-state index is 0.0460. The fraction of sp³-hybridized carbons (Fsp3) is 0.714. The Labute approximate surface area is 114 Å². The van der Waals surface area contributed by atoms with Crippen LogP contribution in [0.1, 0.15) is 63.4 Å². The van der Waals surface area contributed by atoms with E-state index in [2.05, 4.69) is 29.6 Å². The van der Waals surface area contributed by atoms with Gasteiger partial charge in [0.05, 0.1) is 12.2 Å². The van der Waals surface area contributed by atoms with Crippen LogP contribution < -0.4 is 10.6 Å². The topological polar surface area (TPSA) is 59.0 Å². The molecular weight excluding hydrogens is 240 g/mol. The van der Waals surface area contributed by atoms with E-state index in [1.807, 2.05) is 18.5 Å². The van der Waals surface area contributed by atoms with E-state index >= 15 is 0 Å². The van der Waals surface area contributed by atoms with E-state index in [4.69, 9.17) is 0 Å². The SMILES string of the molecule is CCC1CC(CC)n2ncc(C(=O)NC(C)C)c2N1. The van der Waals surface area contributed by atoms with Crippen LogP contribution in [0.5, 0.6) is 0 Å². The summed E-state index contributed by atoms with van der Waals surface area (Å²) in [5.41, 5.74) is 0.658. The van der Waals surface area contributed by atoms with E-state index < -0.39 is 0 Å². The summed E-state index contributed by atoms with van der Waals surface area (Å²) in [5.74, 6) is 0.832. The first-order chi connectivity index (χ1) is 9.06. The standard InChI is InChI=1S/C14H24N4O/c1-5-10-7-11(6-2)18-13(17-10)12(8-15-18)14(19)16-9(3)4/h8-11,17H,5-7H2,1-4H3,(H,16,19). The number of hydrogen-bond acceptors (Lipinski definition) is 3. The molecular formula is C14H24N4O. The normalized spacial score (nSPS) is 21.9. The lowest BCUT2D eigenvalue weighted by molar-refractivity contribution is 0.0943. The highest BCUT2D eigenvalue weighted by Crippen LogP contribution is 2.32. The number of aromatic nitrogens is 2. The fourth-order valence-electron chi connectivity index (χ4n) is 2.58. The lowest BCUT2D eigenvalue weighted by Crippen LogP contribution is -2.34. The second-order valence-electron chi connectivity index (χ2n) is 5.53. The largest absolute Gasteiger partial charge is 0.367 e. The molecule has 19 heavy (non-hydrogen) atoms. The highest BCUT2D eigenvalue weighted by atomic mass is 16.1. The van der Waals surface area contributed by atoms with Crippen LogP contribution in [0, 0.1) is 0 Å². The van der Waals surface area contributed by atoms with Gasteiger partial charge in [-0.1, -0.05) is 13.8 Å². The molecule has 5 nitrogen and oxygen atoms in total. The third-order valence-corrected chi connectivity index (χ3v) is 3.67. The molecule has 5 heteroatoms. The van der Waals surface area contributed by atoms with Gasteiger partial charge in [0.15, 0.2) is 0 Å². The Morgan fingerprint density at radius 1 is 1.53 bits per heavy atom. The quantitative estimate of drug-likeness (QED) is 0.878. The van der Waals surface area contributed by atoms with Crippen molar-refractivity contribution in [2.24, 2.45) is 0 Å². The summed E-state index contributed by atoms with van der Waals surface area (Å²) in [4.78, 5) is 12.2. The number of hydrogen-bond donors (Lipinski definition) is 2. The molecule has 2 N–H and O–H groups in total. The van der Waals surface area contributed by atoms with Crippen molar-refractivity contribution in [3.63, 3.8) is 0 Å². The molecule has 2 atom stereocenters. The summed E-state index contributed by atoms with van der Waals surface area (Å²) in [6.07, 6.45) is 4.86. The Balaban J connectivity index is 2.29. The number of carbonyl (C=O) groups is 1. The summed E-state index contributed by atoms with van der Waals surface area (Å²) >= 11 is 0. The molecule has 1 aliphatic rings. The number of carbonyl (C=O) groups excluding carboxylic acids is 1. The van der Waals surface area contributed by atoms with E-state index in [1.54, 1.807) is 6.20 Å². The number of fused-ring (bicyclic) bond motifs is 1. The van der Waals surface area contributed by atoms with Gasteiger partial charge in [-0.3, -0.25) is 4.79 Å². The lowest BCUT2D eigenvalue weighted by atomic mass is 10.00. The molecule has 0 radical (unpaired) electrons. The molecule has 2 unspecified atom stereocenters. The van der Waals surface area contributed by atoms with E-state index in [1.165, 1.54) is 0 Å². The molecule has 1 aromatic rings. The van der Waals surface area contributed by atoms with E-state index in [9.17, 15) is 4.79 Å². The summed E-state index contributed by atoms with van der Waals surface area (Å²) in [5, 5.41) is 10.8. The Bertz CT molecular complexity index is 452. The van der Waals surface area contributed by atoms with Gasteiger partial charge in [-0.05, 0) is 33.1 Å². The van der Waals surface area contributed by atoms with Crippen molar-refractivity contribution in [2.45, 2.75) is 65.1 Å². The van der Waals surface area contributed by atoms with Gasteiger partial charge in [0.2, 0.25) is 0 Å². The molecule has 0 saturated carbocycles. The summed E-state index contributed by atoms with van der Waals surface area (Å²) < 4.78 is 1.97. The Morgan fingerprint density at radius 2 is 2.26 bits per heavy atom. The van der Waals surface area contributed by atoms with Crippen LogP contribution in [0.25, 0.3) is 0 Å². The van der Waals surface area contributed by atoms with Gasteiger partial charge in [0, 0.05) is 12.1 Å². The zero-order valence-electron chi connectivity index (χ0n) is 12.2. The van der Waals surface area contributed by atoms with Crippen molar-refractivity contribution in [1.82, 2.24) is 15.1 Å². The number of anilines is 1. The first-order valence-corrected chi connectivity index (χ1v) is 7.21. The zero-order chi connectivity index (χ0) is 14.0. The fourth-order valence-corrected chi connectivity index (χ4v) is 2.58. The van der Waals surface area contributed by atoms with E-state index in [0.717, 1.165) is 25.1 Å². The molecule has 2 heterocycles. The van der Waals surface area contributed by atoms with Crippen LogP contribution >= 0.6 is 0 Å². The molecule has 1 aromatic heterocycles. The molecule has 0 fully saturated rings. The van der Waals surface area contributed by atoms with E-state index in [-0.39, 0.29) is 11.9 Å². The Hall–Kier alpha value is -1.52. The van der Waals surface area contributed by atoms with Crippen molar-refractivity contribution in [2.75, 3.05) is 5.32 Å². The summed E-state index contributed by atoms with van der Waals surface area (Å²) in [6.45, 7) is 8.27. The van der Waals surface area contributed by atoms with Crippen LogP contribution in [0.3, 0.4) is 0 Å². The third-order valence-electron chi connectivity index (χ3n) is 3.67. The van der Waals surface area contributed by atoms with E-state index in [0.29, 0.717) is 17.6 Å². The first kappa shape index (κ1) is 13.9. The Morgan fingerprint density at radius 3 is 2.84 bits per heavy atom. The average Bonchev–Trinajstić information content (AvgIpc) is 2.80. The highest BCUT2D eigenvalue weighted by Gasteiger charge is 2.29. The molecule has 1 amide bonds. The van der Waals surface area contributed by atoms with Gasteiger partial charge in [0.1, 0.15) is 11.4 Å². The van der Waals surface area contributed by atoms with Crippen molar-refractivity contribution in [1.29, 1.82) is 0 Å². The second kappa shape index (κ2) is 5.63. The zero-order valence-corrected chi connectivity index (χ0v) is 12.2. The van der Waals surface area contributed by atoms with Gasteiger partial charge < -0.3 is 10.6 Å². The molecule has 0 aromatic carbocycles. The highest BCUT2D eigenvalue weighted by molar-refractivity contribution is 5.99. The van der Waals surface area contributed by atoms with Crippen molar-refractivity contribution in [3.8, 4) is 0 Å². The van der Waals surface area contributed by atoms with Gasteiger partial charge in [-0.25, -0.2) is 4.68 Å². The van der Waals surface area contributed by atoms with Crippen molar-refractivity contribution < 1.29 is 4.79 Å². The maximum Gasteiger partial charge on any atom is 0.256 e. The van der Waals surface area contributed by atoms with Crippen LogP contribution in [-0.4, -0.2) is 27.8 Å². The number of nitrogens with one attached hydrogen (secondary N) is 2. The molecule has 0 saturated heterocycles. The molecule has 0 aliphatic carbocycles. The maximum absolute atomic E-state index is 12.2. The minimum atomic E-state index is -0.0460. The lowest BCUT2D eigenvalue weighted by Gasteiger charge is -2.31. The first-order valence-electron chi connectivity index (χ1n) is 7.21. The monoisotopic (exact) mass is 264 g/mol. The molecule has 0 bridgehead atoms. The second-order valence-corrected chi connectivity index (χ2v) is 5.53. The van der Waals surface area contributed by atoms with Crippen LogP contribution in [0.4, 0.5) is 5.82 Å². The summed E-state index contributed by atoms with van der Waals surface area (Å²) in [6, 6.07) is 0.956. The molecule has 106 valence electrons. The van der Waals surface area contributed by atoms with Gasteiger partial charge in [-0.15, -0.1) is 0 Å². The van der Waals surface area contributed by atoms with Crippen molar-refractivity contribution in [3.05, 3.63) is 11.8 Å². The smallest absolute Gasteiger partial charge is 0.256 e. The molecule has 0 spiro atoms. The molecule has 1 aliphatic heterocycles. The van der Waals surface area contributed by atoms with Gasteiger partial charge in [-0.2, -0.15) is 5.10 Å². The number of nitrogens with zero attached hydrogens (tertiary/aromatic N) is 2. The average molecular weight is 264 g/mol. The van der Waals surface area contributed by atoms with Gasteiger partial charge >= 0.3 is 0 Å². The Kier molecular flexibility index (Phi) is 4.12. The third kappa shape index (κ3) is 2.74. The predicted octanol–water partition coefficient (Wildman–Crippen LogP) is 2.57. The van der Waals surface area contributed by atoms with Crippen LogP contribution in [-0.2, 0) is 0 Å². The van der Waals surface area contributed by atoms with Crippen molar-refractivity contribution >= 4 is 11.7 Å². The van der Waals surface area contributed by atoms with Gasteiger partial charge in [0.25, 0.3) is 5.91 Å². The van der Waals surface area contributed by atoms with Crippen LogP contribution in [0.2, 0.25) is 0 Å². The summed E-state index contributed by atoms with van der Waals surface area (Å²) in [7, 11) is 0. The minimum Gasteiger partial charge on any atom is -0.367 e. The molecule has 2 rings (SSSR count). The number of amides is 1. The maximum atomic E-state index is 12.2. The van der Waals surface area contributed by atoms with Crippen LogP contribution in [0.15, 0.2) is 6.20 Å². The predicted molar refractivity (Wildman–Crippen MR) is 76.5 cm³/mol. The number of rotatable bonds is 4.